The molecule has 0 saturated heterocycles. The standard InChI is InChI=1S/C32H39ClN2O4/c1-38-29-18-16-26(28(32(29)39-2)17-15-25-11-8-12-27(33)23-25)20-22-35-31(37)14-7-6-13-30(36)34-21-19-24-9-4-3-5-10-24/h3-5,8-12,16,18,23H,6-7,13-15,17,19-22H2,1-2H3,(H,34,36)(H,35,37). The van der Waals surface area contributed by atoms with E-state index < -0.39 is 0 Å². The van der Waals surface area contributed by atoms with E-state index >= 15 is 0 Å². The molecule has 0 saturated carbocycles. The van der Waals surface area contributed by atoms with Gasteiger partial charge in [-0.2, -0.15) is 0 Å². The van der Waals surface area contributed by atoms with Gasteiger partial charge in [-0.3, -0.25) is 9.59 Å². The number of methoxy groups -OCH3 is 2. The average Bonchev–Trinajstić information content (AvgIpc) is 2.94. The number of aryl methyl sites for hydroxylation is 1. The predicted octanol–water partition coefficient (Wildman–Crippen LogP) is 5.72. The molecule has 3 rings (SSSR count). The lowest BCUT2D eigenvalue weighted by atomic mass is 9.96. The van der Waals surface area contributed by atoms with Gasteiger partial charge in [-0.05, 0) is 73.4 Å². The summed E-state index contributed by atoms with van der Waals surface area (Å²) in [4.78, 5) is 24.4. The van der Waals surface area contributed by atoms with Crippen molar-refractivity contribution < 1.29 is 19.1 Å². The normalized spacial score (nSPS) is 10.6. The zero-order valence-electron chi connectivity index (χ0n) is 22.9. The van der Waals surface area contributed by atoms with Gasteiger partial charge in [-0.25, -0.2) is 0 Å². The molecular formula is C32H39ClN2O4. The highest BCUT2D eigenvalue weighted by molar-refractivity contribution is 6.30. The summed E-state index contributed by atoms with van der Waals surface area (Å²) >= 11 is 6.16. The quantitative estimate of drug-likeness (QED) is 0.224. The third-order valence-corrected chi connectivity index (χ3v) is 6.89. The van der Waals surface area contributed by atoms with Crippen LogP contribution in [-0.2, 0) is 35.3 Å². The number of halogens is 1. The Hall–Kier alpha value is -3.51. The molecule has 0 fully saturated rings. The fraction of sp³-hybridized carbons (Fsp3) is 0.375. The fourth-order valence-electron chi connectivity index (χ4n) is 4.58. The Balaban J connectivity index is 1.40. The predicted molar refractivity (Wildman–Crippen MR) is 157 cm³/mol. The minimum absolute atomic E-state index is 0.000407. The molecule has 2 N–H and O–H groups in total. The lowest BCUT2D eigenvalue weighted by molar-refractivity contribution is -0.123. The van der Waals surface area contributed by atoms with Crippen LogP contribution in [0.4, 0.5) is 0 Å². The lowest BCUT2D eigenvalue weighted by Gasteiger charge is -2.17. The second-order valence-corrected chi connectivity index (χ2v) is 9.90. The number of unbranched alkanes of at least 4 members (excludes halogenated alkanes) is 1. The van der Waals surface area contributed by atoms with E-state index in [4.69, 9.17) is 21.1 Å². The van der Waals surface area contributed by atoms with Crippen molar-refractivity contribution in [1.82, 2.24) is 10.6 Å². The van der Waals surface area contributed by atoms with Crippen LogP contribution in [-0.4, -0.2) is 39.1 Å². The Morgan fingerprint density at radius 3 is 2.03 bits per heavy atom. The number of hydrogen-bond donors (Lipinski definition) is 2. The van der Waals surface area contributed by atoms with E-state index in [1.165, 1.54) is 5.56 Å². The highest BCUT2D eigenvalue weighted by Gasteiger charge is 2.15. The molecule has 7 heteroatoms. The molecule has 3 aromatic carbocycles. The van der Waals surface area contributed by atoms with Crippen LogP contribution >= 0.6 is 11.6 Å². The molecular weight excluding hydrogens is 512 g/mol. The van der Waals surface area contributed by atoms with Crippen LogP contribution in [0.2, 0.25) is 5.02 Å². The molecule has 0 aliphatic heterocycles. The summed E-state index contributed by atoms with van der Waals surface area (Å²) in [6, 6.07) is 21.9. The highest BCUT2D eigenvalue weighted by Crippen LogP contribution is 2.34. The van der Waals surface area contributed by atoms with Gasteiger partial charge >= 0.3 is 0 Å². The monoisotopic (exact) mass is 550 g/mol. The third kappa shape index (κ3) is 10.3. The van der Waals surface area contributed by atoms with Gasteiger partial charge in [-0.1, -0.05) is 60.1 Å². The topological polar surface area (TPSA) is 76.7 Å². The van der Waals surface area contributed by atoms with E-state index in [2.05, 4.69) is 28.8 Å². The number of ether oxygens (including phenoxy) is 2. The van der Waals surface area contributed by atoms with E-state index in [9.17, 15) is 9.59 Å². The summed E-state index contributed by atoms with van der Waals surface area (Å²) in [6.07, 6.45) is 5.28. The lowest BCUT2D eigenvalue weighted by Crippen LogP contribution is -2.26. The number of nitrogens with one attached hydrogen (secondary N) is 2. The van der Waals surface area contributed by atoms with Crippen molar-refractivity contribution in [2.75, 3.05) is 27.3 Å². The molecule has 0 radical (unpaired) electrons. The molecule has 0 bridgehead atoms. The second-order valence-electron chi connectivity index (χ2n) is 9.46. The number of amides is 2. The minimum atomic E-state index is 0.000407. The molecule has 0 aliphatic carbocycles. The van der Waals surface area contributed by atoms with Crippen molar-refractivity contribution in [1.29, 1.82) is 0 Å². The van der Waals surface area contributed by atoms with Gasteiger partial charge in [-0.15, -0.1) is 0 Å². The molecule has 0 spiro atoms. The molecule has 0 heterocycles. The van der Waals surface area contributed by atoms with Crippen LogP contribution in [0.5, 0.6) is 11.5 Å². The van der Waals surface area contributed by atoms with Gasteiger partial charge < -0.3 is 20.1 Å². The Morgan fingerprint density at radius 2 is 1.38 bits per heavy atom. The first-order chi connectivity index (χ1) is 19.0. The van der Waals surface area contributed by atoms with E-state index in [1.54, 1.807) is 14.2 Å². The molecule has 2 amide bonds. The summed E-state index contributed by atoms with van der Waals surface area (Å²) in [7, 11) is 3.28. The number of benzene rings is 3. The summed E-state index contributed by atoms with van der Waals surface area (Å²) in [5.41, 5.74) is 4.54. The Kier molecular flexibility index (Phi) is 12.7. The molecule has 39 heavy (non-hydrogen) atoms. The van der Waals surface area contributed by atoms with Crippen molar-refractivity contribution in [3.05, 3.63) is 94.0 Å². The first-order valence-electron chi connectivity index (χ1n) is 13.5. The number of rotatable bonds is 16. The maximum Gasteiger partial charge on any atom is 0.220 e. The van der Waals surface area contributed by atoms with Crippen molar-refractivity contribution in [2.24, 2.45) is 0 Å². The van der Waals surface area contributed by atoms with Gasteiger partial charge in [0, 0.05) is 36.5 Å². The molecule has 3 aromatic rings. The number of carbonyl (C=O) groups excluding carboxylic acids is 2. The van der Waals surface area contributed by atoms with Crippen LogP contribution in [0.15, 0.2) is 66.7 Å². The summed E-state index contributed by atoms with van der Waals surface area (Å²) in [6.45, 7) is 1.15. The van der Waals surface area contributed by atoms with Crippen LogP contribution in [0.3, 0.4) is 0 Å². The largest absolute Gasteiger partial charge is 0.493 e. The zero-order chi connectivity index (χ0) is 27.9. The Labute approximate surface area is 237 Å². The third-order valence-electron chi connectivity index (χ3n) is 6.65. The van der Waals surface area contributed by atoms with E-state index in [0.717, 1.165) is 46.7 Å². The van der Waals surface area contributed by atoms with Gasteiger partial charge in [0.05, 0.1) is 14.2 Å². The zero-order valence-corrected chi connectivity index (χ0v) is 23.7. The van der Waals surface area contributed by atoms with Crippen LogP contribution in [0.25, 0.3) is 0 Å². The van der Waals surface area contributed by atoms with Crippen molar-refractivity contribution in [3.8, 4) is 11.5 Å². The maximum atomic E-state index is 12.4. The van der Waals surface area contributed by atoms with E-state index in [0.29, 0.717) is 50.9 Å². The van der Waals surface area contributed by atoms with Gasteiger partial charge in [0.1, 0.15) is 0 Å². The Bertz CT molecular complexity index is 1200. The van der Waals surface area contributed by atoms with Crippen LogP contribution in [0, 0.1) is 0 Å². The molecule has 0 aliphatic rings. The second kappa shape index (κ2) is 16.5. The minimum Gasteiger partial charge on any atom is -0.493 e. The van der Waals surface area contributed by atoms with E-state index in [1.807, 2.05) is 48.5 Å². The highest BCUT2D eigenvalue weighted by atomic mass is 35.5. The summed E-state index contributed by atoms with van der Waals surface area (Å²) < 4.78 is 11.2. The number of hydrogen-bond acceptors (Lipinski definition) is 4. The first-order valence-corrected chi connectivity index (χ1v) is 13.9. The number of carbonyl (C=O) groups is 2. The van der Waals surface area contributed by atoms with E-state index in [-0.39, 0.29) is 11.8 Å². The van der Waals surface area contributed by atoms with Gasteiger partial charge in [0.15, 0.2) is 11.5 Å². The van der Waals surface area contributed by atoms with Gasteiger partial charge in [0.25, 0.3) is 0 Å². The maximum absolute atomic E-state index is 12.4. The molecule has 0 atom stereocenters. The summed E-state index contributed by atoms with van der Waals surface area (Å²) in [5, 5.41) is 6.69. The van der Waals surface area contributed by atoms with Crippen molar-refractivity contribution >= 4 is 23.4 Å². The van der Waals surface area contributed by atoms with Crippen molar-refractivity contribution in [3.63, 3.8) is 0 Å². The van der Waals surface area contributed by atoms with Crippen molar-refractivity contribution in [2.45, 2.75) is 51.4 Å². The van der Waals surface area contributed by atoms with Gasteiger partial charge in [0.2, 0.25) is 11.8 Å². The molecule has 0 unspecified atom stereocenters. The van der Waals surface area contributed by atoms with Crippen LogP contribution in [0.1, 0.15) is 47.9 Å². The fourth-order valence-corrected chi connectivity index (χ4v) is 4.79. The SMILES string of the molecule is COc1ccc(CCNC(=O)CCCCC(=O)NCCc2ccccc2)c(CCc2cccc(Cl)c2)c1OC. The summed E-state index contributed by atoms with van der Waals surface area (Å²) in [5.74, 6) is 1.45. The first kappa shape index (κ1) is 30.0. The molecule has 6 nitrogen and oxygen atoms in total. The smallest absolute Gasteiger partial charge is 0.220 e. The van der Waals surface area contributed by atoms with Crippen LogP contribution < -0.4 is 20.1 Å². The molecule has 0 aromatic heterocycles. The average molecular weight is 551 g/mol. The molecule has 208 valence electrons. The Morgan fingerprint density at radius 1 is 0.718 bits per heavy atom.